The summed E-state index contributed by atoms with van der Waals surface area (Å²) in [6.45, 7) is 0. The number of aromatic nitrogens is 2. The molecule has 0 unspecified atom stereocenters. The highest BCUT2D eigenvalue weighted by atomic mass is 19.1. The van der Waals surface area contributed by atoms with E-state index in [-0.39, 0.29) is 18.0 Å². The standard InChI is InChI=1S/C12H9FN2O/c13-10-3-1-2-9(6-10)7-12(16)11-4-5-14-8-15-11/h1-6,8H,7H2. The van der Waals surface area contributed by atoms with E-state index in [2.05, 4.69) is 9.97 Å². The molecule has 2 rings (SSSR count). The quantitative estimate of drug-likeness (QED) is 0.737. The van der Waals surface area contributed by atoms with E-state index in [4.69, 9.17) is 0 Å². The van der Waals surface area contributed by atoms with E-state index in [1.807, 2.05) is 0 Å². The maximum Gasteiger partial charge on any atom is 0.185 e. The predicted octanol–water partition coefficient (Wildman–Crippen LogP) is 2.04. The lowest BCUT2D eigenvalue weighted by molar-refractivity contribution is 0.0988. The lowest BCUT2D eigenvalue weighted by Crippen LogP contribution is -2.06. The van der Waals surface area contributed by atoms with Gasteiger partial charge in [-0.2, -0.15) is 0 Å². The number of ketones is 1. The third kappa shape index (κ3) is 2.48. The molecule has 1 aromatic heterocycles. The van der Waals surface area contributed by atoms with Gasteiger partial charge in [0.15, 0.2) is 5.78 Å². The summed E-state index contributed by atoms with van der Waals surface area (Å²) in [5.74, 6) is -0.485. The van der Waals surface area contributed by atoms with E-state index in [0.717, 1.165) is 0 Å². The van der Waals surface area contributed by atoms with E-state index < -0.39 is 0 Å². The summed E-state index contributed by atoms with van der Waals surface area (Å²) in [4.78, 5) is 19.3. The fourth-order valence-electron chi connectivity index (χ4n) is 1.38. The summed E-state index contributed by atoms with van der Waals surface area (Å²) in [6, 6.07) is 7.53. The third-order valence-electron chi connectivity index (χ3n) is 2.12. The van der Waals surface area contributed by atoms with Gasteiger partial charge in [-0.05, 0) is 23.8 Å². The number of halogens is 1. The van der Waals surface area contributed by atoms with Crippen LogP contribution in [0.15, 0.2) is 42.9 Å². The van der Waals surface area contributed by atoms with Crippen LogP contribution in [0.5, 0.6) is 0 Å². The molecule has 0 saturated heterocycles. The Morgan fingerprint density at radius 2 is 2.19 bits per heavy atom. The van der Waals surface area contributed by atoms with E-state index in [1.54, 1.807) is 18.2 Å². The third-order valence-corrected chi connectivity index (χ3v) is 2.12. The lowest BCUT2D eigenvalue weighted by atomic mass is 10.1. The van der Waals surface area contributed by atoms with Crippen molar-refractivity contribution < 1.29 is 9.18 Å². The Morgan fingerprint density at radius 3 is 2.88 bits per heavy atom. The van der Waals surface area contributed by atoms with Crippen LogP contribution in [0.3, 0.4) is 0 Å². The fourth-order valence-corrected chi connectivity index (χ4v) is 1.38. The first-order chi connectivity index (χ1) is 7.75. The van der Waals surface area contributed by atoms with Gasteiger partial charge in [0.1, 0.15) is 17.8 Å². The van der Waals surface area contributed by atoms with Crippen LogP contribution < -0.4 is 0 Å². The average molecular weight is 216 g/mol. The number of benzene rings is 1. The summed E-state index contributed by atoms with van der Waals surface area (Å²) >= 11 is 0. The fraction of sp³-hybridized carbons (Fsp3) is 0.0833. The van der Waals surface area contributed by atoms with Crippen LogP contribution in [0.25, 0.3) is 0 Å². The van der Waals surface area contributed by atoms with Crippen LogP contribution >= 0.6 is 0 Å². The Labute approximate surface area is 92.0 Å². The molecule has 0 aliphatic rings. The van der Waals surface area contributed by atoms with Gasteiger partial charge in [0.05, 0.1) is 0 Å². The number of hydrogen-bond donors (Lipinski definition) is 0. The summed E-state index contributed by atoms with van der Waals surface area (Å²) in [5, 5.41) is 0. The van der Waals surface area contributed by atoms with Gasteiger partial charge in [0.25, 0.3) is 0 Å². The van der Waals surface area contributed by atoms with Crippen molar-refractivity contribution in [3.8, 4) is 0 Å². The molecule has 2 aromatic rings. The maximum absolute atomic E-state index is 12.9. The molecule has 0 atom stereocenters. The molecule has 0 amide bonds. The van der Waals surface area contributed by atoms with Crippen LogP contribution in [-0.2, 0) is 6.42 Å². The minimum atomic E-state index is -0.340. The first kappa shape index (κ1) is 10.4. The molecular formula is C12H9FN2O. The summed E-state index contributed by atoms with van der Waals surface area (Å²) in [6.07, 6.45) is 2.97. The number of carbonyl (C=O) groups is 1. The molecule has 1 heterocycles. The molecule has 0 N–H and O–H groups in total. The molecule has 0 bridgehead atoms. The molecule has 0 spiro atoms. The Hall–Kier alpha value is -2.10. The SMILES string of the molecule is O=C(Cc1cccc(F)c1)c1ccncn1. The normalized spacial score (nSPS) is 10.1. The second kappa shape index (κ2) is 4.61. The van der Waals surface area contributed by atoms with Crippen LogP contribution in [0, 0.1) is 5.82 Å². The second-order valence-corrected chi connectivity index (χ2v) is 3.32. The lowest BCUT2D eigenvalue weighted by Gasteiger charge is -2.00. The molecule has 80 valence electrons. The van der Waals surface area contributed by atoms with Crippen LogP contribution in [0.4, 0.5) is 4.39 Å². The molecule has 1 aromatic carbocycles. The topological polar surface area (TPSA) is 42.9 Å². The van der Waals surface area contributed by atoms with Crippen molar-refractivity contribution in [2.75, 3.05) is 0 Å². The summed E-state index contributed by atoms with van der Waals surface area (Å²) < 4.78 is 12.9. The molecule has 0 aliphatic heterocycles. The highest BCUT2D eigenvalue weighted by molar-refractivity contribution is 5.95. The van der Waals surface area contributed by atoms with Gasteiger partial charge in [-0.1, -0.05) is 12.1 Å². The zero-order valence-electron chi connectivity index (χ0n) is 8.43. The Morgan fingerprint density at radius 1 is 1.31 bits per heavy atom. The van der Waals surface area contributed by atoms with Gasteiger partial charge in [-0.3, -0.25) is 4.79 Å². The number of Topliss-reactive ketones (excluding diaryl/α,β-unsaturated/α-hetero) is 1. The van der Waals surface area contributed by atoms with E-state index in [9.17, 15) is 9.18 Å². The molecule has 0 radical (unpaired) electrons. The highest BCUT2D eigenvalue weighted by Gasteiger charge is 2.08. The minimum Gasteiger partial charge on any atom is -0.292 e. The van der Waals surface area contributed by atoms with Crippen molar-refractivity contribution in [2.45, 2.75) is 6.42 Å². The number of rotatable bonds is 3. The van der Waals surface area contributed by atoms with Gasteiger partial charge < -0.3 is 0 Å². The minimum absolute atomic E-state index is 0.145. The monoisotopic (exact) mass is 216 g/mol. The molecule has 0 saturated carbocycles. The van der Waals surface area contributed by atoms with Gasteiger partial charge in [0.2, 0.25) is 0 Å². The maximum atomic E-state index is 12.9. The van der Waals surface area contributed by atoms with E-state index >= 15 is 0 Å². The van der Waals surface area contributed by atoms with Gasteiger partial charge in [-0.25, -0.2) is 14.4 Å². The van der Waals surface area contributed by atoms with Crippen molar-refractivity contribution in [1.82, 2.24) is 9.97 Å². The smallest absolute Gasteiger partial charge is 0.185 e. The highest BCUT2D eigenvalue weighted by Crippen LogP contribution is 2.07. The second-order valence-electron chi connectivity index (χ2n) is 3.32. The van der Waals surface area contributed by atoms with Gasteiger partial charge in [0, 0.05) is 12.6 Å². The summed E-state index contributed by atoms with van der Waals surface area (Å²) in [5.41, 5.74) is 0.989. The number of nitrogens with zero attached hydrogens (tertiary/aromatic N) is 2. The van der Waals surface area contributed by atoms with Crippen molar-refractivity contribution in [3.05, 3.63) is 59.9 Å². The molecule has 0 fully saturated rings. The van der Waals surface area contributed by atoms with Crippen molar-refractivity contribution in [1.29, 1.82) is 0 Å². The molecular weight excluding hydrogens is 207 g/mol. The molecule has 3 nitrogen and oxygen atoms in total. The van der Waals surface area contributed by atoms with Crippen LogP contribution in [0.2, 0.25) is 0 Å². The summed E-state index contributed by atoms with van der Waals surface area (Å²) in [7, 11) is 0. The zero-order chi connectivity index (χ0) is 11.4. The van der Waals surface area contributed by atoms with Crippen LogP contribution in [0.1, 0.15) is 16.1 Å². The predicted molar refractivity (Wildman–Crippen MR) is 56.5 cm³/mol. The Kier molecular flexibility index (Phi) is 3.00. The van der Waals surface area contributed by atoms with E-state index in [1.165, 1.54) is 24.7 Å². The van der Waals surface area contributed by atoms with Crippen molar-refractivity contribution in [3.63, 3.8) is 0 Å². The van der Waals surface area contributed by atoms with Crippen molar-refractivity contribution in [2.24, 2.45) is 0 Å². The molecule has 4 heteroatoms. The van der Waals surface area contributed by atoms with Crippen LogP contribution in [-0.4, -0.2) is 15.8 Å². The number of carbonyl (C=O) groups excluding carboxylic acids is 1. The van der Waals surface area contributed by atoms with Gasteiger partial charge >= 0.3 is 0 Å². The number of hydrogen-bond acceptors (Lipinski definition) is 3. The molecule has 0 aliphatic carbocycles. The first-order valence-corrected chi connectivity index (χ1v) is 4.79. The van der Waals surface area contributed by atoms with Gasteiger partial charge in [-0.15, -0.1) is 0 Å². The molecule has 16 heavy (non-hydrogen) atoms. The largest absolute Gasteiger partial charge is 0.292 e. The zero-order valence-corrected chi connectivity index (χ0v) is 8.43. The average Bonchev–Trinajstić information content (AvgIpc) is 2.30. The Balaban J connectivity index is 2.14. The van der Waals surface area contributed by atoms with E-state index in [0.29, 0.717) is 11.3 Å². The Bertz CT molecular complexity index is 499. The van der Waals surface area contributed by atoms with Crippen molar-refractivity contribution >= 4 is 5.78 Å². The first-order valence-electron chi connectivity index (χ1n) is 4.79.